The second-order valence-electron chi connectivity index (χ2n) is 6.28. The smallest absolute Gasteiger partial charge is 0.340 e. The lowest BCUT2D eigenvalue weighted by Crippen LogP contribution is -2.15. The van der Waals surface area contributed by atoms with E-state index >= 15 is 0 Å². The third-order valence-electron chi connectivity index (χ3n) is 4.08. The molecule has 0 spiro atoms. The average Bonchev–Trinajstić information content (AvgIpc) is 2.75. The summed E-state index contributed by atoms with van der Waals surface area (Å²) in [4.78, 5) is 28.7. The number of aromatic nitrogens is 1. The predicted octanol–water partition coefficient (Wildman–Crippen LogP) is 2.90. The van der Waals surface area contributed by atoms with E-state index in [1.54, 1.807) is 42.6 Å². The van der Waals surface area contributed by atoms with Crippen LogP contribution in [0.1, 0.15) is 34.9 Å². The third-order valence-corrected chi connectivity index (χ3v) is 4.08. The third kappa shape index (κ3) is 7.14. The molecule has 0 saturated heterocycles. The second-order valence-corrected chi connectivity index (χ2v) is 6.28. The summed E-state index contributed by atoms with van der Waals surface area (Å²) in [5, 5.41) is 8.94. The highest BCUT2D eigenvalue weighted by Crippen LogP contribution is 2.28. The molecule has 0 unspecified atom stereocenters. The van der Waals surface area contributed by atoms with E-state index in [0.29, 0.717) is 22.4 Å². The van der Waals surface area contributed by atoms with Gasteiger partial charge in [-0.05, 0) is 36.2 Å². The lowest BCUT2D eigenvalue weighted by Gasteiger charge is -2.19. The number of carbonyl (C=O) groups excluding carboxylic acids is 2. The molecule has 1 N–H and O–H groups in total. The van der Waals surface area contributed by atoms with Crippen molar-refractivity contribution >= 4 is 11.8 Å². The number of esters is 1. The zero-order valence-corrected chi connectivity index (χ0v) is 16.4. The Hall–Kier alpha value is -3.03. The number of ether oxygens (including phenoxy) is 3. The van der Waals surface area contributed by atoms with Crippen molar-refractivity contribution in [2.24, 2.45) is 0 Å². The molecule has 0 radical (unpaired) electrons. The number of hydrogen-bond acceptors (Lipinski definition) is 7. The van der Waals surface area contributed by atoms with Gasteiger partial charge in [0.2, 0.25) is 0 Å². The summed E-state index contributed by atoms with van der Waals surface area (Å²) in [6, 6.07) is 10.3. The minimum absolute atomic E-state index is 0.111. The molecular formula is C22H25NO6. The molecular weight excluding hydrogens is 374 g/mol. The van der Waals surface area contributed by atoms with Crippen LogP contribution in [0.25, 0.3) is 0 Å². The molecule has 2 rings (SSSR count). The Kier molecular flexibility index (Phi) is 9.01. The first kappa shape index (κ1) is 22.3. The summed E-state index contributed by atoms with van der Waals surface area (Å²) in [5.74, 6) is -0.149. The summed E-state index contributed by atoms with van der Waals surface area (Å²) in [6.07, 6.45) is 2.74. The Balaban J connectivity index is 2.17. The Bertz CT molecular complexity index is 821. The van der Waals surface area contributed by atoms with Crippen LogP contribution in [-0.2, 0) is 14.3 Å². The summed E-state index contributed by atoms with van der Waals surface area (Å²) in [7, 11) is 1.49. The Morgan fingerprint density at radius 3 is 2.76 bits per heavy atom. The molecule has 7 nitrogen and oxygen atoms in total. The molecule has 0 bridgehead atoms. The molecule has 154 valence electrons. The molecule has 0 aliphatic heterocycles. The van der Waals surface area contributed by atoms with Crippen molar-refractivity contribution in [1.29, 1.82) is 0 Å². The Labute approximate surface area is 169 Å². The molecule has 0 aliphatic rings. The van der Waals surface area contributed by atoms with Crippen molar-refractivity contribution in [3.05, 3.63) is 72.1 Å². The molecule has 7 heteroatoms. The molecule has 1 aromatic heterocycles. The average molecular weight is 399 g/mol. The summed E-state index contributed by atoms with van der Waals surface area (Å²) >= 11 is 0. The lowest BCUT2D eigenvalue weighted by atomic mass is 10.0. The van der Waals surface area contributed by atoms with Gasteiger partial charge >= 0.3 is 5.97 Å². The van der Waals surface area contributed by atoms with Gasteiger partial charge in [-0.3, -0.25) is 9.78 Å². The van der Waals surface area contributed by atoms with Crippen LogP contribution < -0.4 is 4.74 Å². The van der Waals surface area contributed by atoms with E-state index in [2.05, 4.69) is 11.6 Å². The number of ketones is 1. The van der Waals surface area contributed by atoms with Crippen LogP contribution in [-0.4, -0.2) is 48.8 Å². The fourth-order valence-electron chi connectivity index (χ4n) is 2.64. The molecule has 1 aromatic carbocycles. The van der Waals surface area contributed by atoms with Gasteiger partial charge in [-0.1, -0.05) is 18.7 Å². The van der Waals surface area contributed by atoms with Crippen molar-refractivity contribution in [1.82, 2.24) is 4.98 Å². The quantitative estimate of drug-likeness (QED) is 0.433. The molecule has 0 amide bonds. The lowest BCUT2D eigenvalue weighted by molar-refractivity contribution is -0.116. The molecule has 0 saturated carbocycles. The number of rotatable bonds is 12. The molecule has 1 atom stereocenters. The van der Waals surface area contributed by atoms with E-state index in [1.807, 2.05) is 0 Å². The van der Waals surface area contributed by atoms with Gasteiger partial charge in [0.25, 0.3) is 0 Å². The van der Waals surface area contributed by atoms with Crippen LogP contribution in [0, 0.1) is 0 Å². The first-order valence-corrected chi connectivity index (χ1v) is 9.19. The van der Waals surface area contributed by atoms with Crippen LogP contribution >= 0.6 is 0 Å². The summed E-state index contributed by atoms with van der Waals surface area (Å²) < 4.78 is 16.1. The zero-order valence-electron chi connectivity index (χ0n) is 16.4. The minimum atomic E-state index is -0.667. The second kappa shape index (κ2) is 11.7. The molecule has 1 heterocycles. The Morgan fingerprint density at radius 2 is 2.07 bits per heavy atom. The number of pyridine rings is 1. The number of benzene rings is 1. The van der Waals surface area contributed by atoms with E-state index in [1.165, 1.54) is 13.3 Å². The van der Waals surface area contributed by atoms with Crippen LogP contribution in [0.15, 0.2) is 60.9 Å². The van der Waals surface area contributed by atoms with Crippen molar-refractivity contribution in [2.75, 3.05) is 26.9 Å². The Morgan fingerprint density at radius 1 is 1.24 bits per heavy atom. The van der Waals surface area contributed by atoms with Crippen LogP contribution in [0.3, 0.4) is 0 Å². The number of aliphatic hydroxyl groups is 1. The van der Waals surface area contributed by atoms with Gasteiger partial charge in [0, 0.05) is 31.5 Å². The van der Waals surface area contributed by atoms with Gasteiger partial charge in [-0.25, -0.2) is 4.79 Å². The maximum absolute atomic E-state index is 12.5. The highest BCUT2D eigenvalue weighted by atomic mass is 16.5. The molecule has 29 heavy (non-hydrogen) atoms. The first-order valence-electron chi connectivity index (χ1n) is 9.19. The molecule has 0 fully saturated rings. The van der Waals surface area contributed by atoms with Gasteiger partial charge in [-0.2, -0.15) is 0 Å². The fraction of sp³-hybridized carbons (Fsp3) is 0.318. The number of hydrogen-bond donors (Lipinski definition) is 1. The maximum Gasteiger partial charge on any atom is 0.340 e. The standard InChI is InChI=1S/C22H25NO6/c1-16(15-27-2)20(25)8-9-21(29-22(26)18-6-4-10-23-14-18)17-5-3-7-19(13-17)28-12-11-24/h3-7,10,13-14,21,24H,1,8-9,11-12,15H2,2H3/t21-/m1/s1. The van der Waals surface area contributed by atoms with Crippen LogP contribution in [0.2, 0.25) is 0 Å². The fourth-order valence-corrected chi connectivity index (χ4v) is 2.64. The van der Waals surface area contributed by atoms with Gasteiger partial charge in [0.1, 0.15) is 18.5 Å². The topological polar surface area (TPSA) is 95.0 Å². The van der Waals surface area contributed by atoms with E-state index in [-0.39, 0.29) is 38.4 Å². The van der Waals surface area contributed by atoms with Crippen molar-refractivity contribution in [3.63, 3.8) is 0 Å². The van der Waals surface area contributed by atoms with Gasteiger partial charge < -0.3 is 19.3 Å². The number of carbonyl (C=O) groups is 2. The number of Topliss-reactive ketones (excluding diaryl/α,β-unsaturated/α-hetero) is 1. The number of nitrogens with zero attached hydrogens (tertiary/aromatic N) is 1. The normalized spacial score (nSPS) is 11.5. The number of aliphatic hydroxyl groups excluding tert-OH is 1. The van der Waals surface area contributed by atoms with Crippen LogP contribution in [0.4, 0.5) is 0 Å². The zero-order chi connectivity index (χ0) is 21.1. The van der Waals surface area contributed by atoms with E-state index < -0.39 is 12.1 Å². The van der Waals surface area contributed by atoms with E-state index in [0.717, 1.165) is 0 Å². The van der Waals surface area contributed by atoms with Gasteiger partial charge in [0.15, 0.2) is 5.78 Å². The minimum Gasteiger partial charge on any atom is -0.491 e. The van der Waals surface area contributed by atoms with Crippen molar-refractivity contribution in [2.45, 2.75) is 18.9 Å². The number of methoxy groups -OCH3 is 1. The molecule has 0 aliphatic carbocycles. The van der Waals surface area contributed by atoms with Crippen molar-refractivity contribution in [3.8, 4) is 5.75 Å². The van der Waals surface area contributed by atoms with E-state index in [4.69, 9.17) is 19.3 Å². The predicted molar refractivity (Wildman–Crippen MR) is 107 cm³/mol. The van der Waals surface area contributed by atoms with Gasteiger partial charge in [0.05, 0.1) is 18.8 Å². The molecule has 2 aromatic rings. The maximum atomic E-state index is 12.5. The van der Waals surface area contributed by atoms with Crippen molar-refractivity contribution < 1.29 is 28.9 Å². The monoisotopic (exact) mass is 399 g/mol. The first-order chi connectivity index (χ1) is 14.0. The van der Waals surface area contributed by atoms with Crippen LogP contribution in [0.5, 0.6) is 5.75 Å². The van der Waals surface area contributed by atoms with E-state index in [9.17, 15) is 9.59 Å². The van der Waals surface area contributed by atoms with Gasteiger partial charge in [-0.15, -0.1) is 0 Å². The highest BCUT2D eigenvalue weighted by molar-refractivity contribution is 5.95. The highest BCUT2D eigenvalue weighted by Gasteiger charge is 2.21. The SMILES string of the molecule is C=C(COC)C(=O)CC[C@@H](OC(=O)c1cccnc1)c1cccc(OCCO)c1. The summed E-state index contributed by atoms with van der Waals surface area (Å²) in [5.41, 5.74) is 1.37. The summed E-state index contributed by atoms with van der Waals surface area (Å²) in [6.45, 7) is 3.91. The largest absolute Gasteiger partial charge is 0.491 e.